The fourth-order valence-electron chi connectivity index (χ4n) is 2.75. The highest BCUT2D eigenvalue weighted by molar-refractivity contribution is 7.99. The maximum atomic E-state index is 12.2. The van der Waals surface area contributed by atoms with Gasteiger partial charge in [-0.1, -0.05) is 35.0 Å². The molecule has 1 N–H and O–H groups in total. The number of carbonyl (C=O) groups excluding carboxylic acids is 1. The lowest BCUT2D eigenvalue weighted by Crippen LogP contribution is -2.39. The molecule has 8 heteroatoms. The van der Waals surface area contributed by atoms with Crippen molar-refractivity contribution in [1.82, 2.24) is 10.5 Å². The second-order valence-electron chi connectivity index (χ2n) is 6.61. The highest BCUT2D eigenvalue weighted by Crippen LogP contribution is 2.24. The average molecular weight is 395 g/mol. The number of nitrogens with one attached hydrogen (secondary N) is 1. The Hall–Kier alpha value is -1.80. The first kappa shape index (κ1) is 19.0. The molecule has 1 aliphatic rings. The number of benzene rings is 1. The Morgan fingerprint density at radius 3 is 2.77 bits per heavy atom. The highest BCUT2D eigenvalue weighted by atomic mass is 32.2. The Balaban J connectivity index is 1.51. The van der Waals surface area contributed by atoms with Gasteiger partial charge >= 0.3 is 0 Å². The summed E-state index contributed by atoms with van der Waals surface area (Å²) in [6.07, 6.45) is 0.494. The molecule has 2 unspecified atom stereocenters. The Bertz CT molecular complexity index is 875. The molecule has 1 fully saturated rings. The van der Waals surface area contributed by atoms with Crippen molar-refractivity contribution in [3.05, 3.63) is 41.7 Å². The second-order valence-corrected chi connectivity index (χ2v) is 10.2. The van der Waals surface area contributed by atoms with E-state index in [0.717, 1.165) is 11.3 Å². The number of amides is 1. The van der Waals surface area contributed by atoms with Crippen LogP contribution in [0.3, 0.4) is 0 Å². The summed E-state index contributed by atoms with van der Waals surface area (Å²) in [4.78, 5) is 12.2. The van der Waals surface area contributed by atoms with Crippen LogP contribution >= 0.6 is 11.8 Å². The minimum absolute atomic E-state index is 0.0398. The van der Waals surface area contributed by atoms with Gasteiger partial charge < -0.3 is 9.84 Å². The van der Waals surface area contributed by atoms with Gasteiger partial charge in [-0.3, -0.25) is 4.79 Å². The van der Waals surface area contributed by atoms with Crippen LogP contribution in [0.2, 0.25) is 0 Å². The number of nitrogens with zero attached hydrogens (tertiary/aromatic N) is 1. The average Bonchev–Trinajstić information content (AvgIpc) is 3.19. The number of rotatable bonds is 6. The van der Waals surface area contributed by atoms with E-state index in [1.807, 2.05) is 37.3 Å². The van der Waals surface area contributed by atoms with Crippen LogP contribution in [-0.4, -0.2) is 42.3 Å². The molecule has 2 aromatic rings. The molecule has 26 heavy (non-hydrogen) atoms. The molecule has 0 bridgehead atoms. The van der Waals surface area contributed by atoms with Crippen molar-refractivity contribution in [1.29, 1.82) is 0 Å². The molecular formula is C18H22N2O4S2. The van der Waals surface area contributed by atoms with Crippen molar-refractivity contribution < 1.29 is 17.7 Å². The maximum absolute atomic E-state index is 12.2. The number of sulfone groups is 1. The van der Waals surface area contributed by atoms with Crippen molar-refractivity contribution in [2.45, 2.75) is 37.3 Å². The zero-order valence-electron chi connectivity index (χ0n) is 14.8. The van der Waals surface area contributed by atoms with E-state index in [4.69, 9.17) is 4.52 Å². The van der Waals surface area contributed by atoms with Crippen molar-refractivity contribution in [3.8, 4) is 11.3 Å². The summed E-state index contributed by atoms with van der Waals surface area (Å²) in [5, 5.41) is 6.60. The normalized spacial score (nSPS) is 20.0. The molecule has 3 rings (SSSR count). The number of thioether (sulfide) groups is 1. The van der Waals surface area contributed by atoms with Gasteiger partial charge in [0.05, 0.1) is 22.5 Å². The van der Waals surface area contributed by atoms with Gasteiger partial charge in [0.15, 0.2) is 9.84 Å². The van der Waals surface area contributed by atoms with E-state index in [-0.39, 0.29) is 28.7 Å². The van der Waals surface area contributed by atoms with Gasteiger partial charge in [-0.15, -0.1) is 11.8 Å². The molecule has 140 valence electrons. The predicted molar refractivity (Wildman–Crippen MR) is 103 cm³/mol. The van der Waals surface area contributed by atoms with Crippen LogP contribution in [0.25, 0.3) is 11.3 Å². The molecule has 1 aromatic heterocycles. The molecule has 6 nitrogen and oxygen atoms in total. The van der Waals surface area contributed by atoms with Crippen LogP contribution in [0.4, 0.5) is 0 Å². The second kappa shape index (κ2) is 7.84. The summed E-state index contributed by atoms with van der Waals surface area (Å²) in [6, 6.07) is 9.65. The zero-order chi connectivity index (χ0) is 18.7. The Labute approximate surface area is 157 Å². The largest absolute Gasteiger partial charge is 0.360 e. The summed E-state index contributed by atoms with van der Waals surface area (Å²) in [6.45, 7) is 3.84. The van der Waals surface area contributed by atoms with E-state index >= 15 is 0 Å². The molecule has 1 saturated heterocycles. The van der Waals surface area contributed by atoms with Gasteiger partial charge in [0.2, 0.25) is 5.91 Å². The molecule has 1 aliphatic heterocycles. The lowest BCUT2D eigenvalue weighted by molar-refractivity contribution is -0.120. The first-order chi connectivity index (χ1) is 12.3. The lowest BCUT2D eigenvalue weighted by atomic mass is 10.1. The first-order valence-electron chi connectivity index (χ1n) is 8.47. The third-order valence-electron chi connectivity index (χ3n) is 4.33. The van der Waals surface area contributed by atoms with E-state index in [9.17, 15) is 13.2 Å². The van der Waals surface area contributed by atoms with E-state index in [1.165, 1.54) is 17.3 Å². The van der Waals surface area contributed by atoms with Crippen molar-refractivity contribution in [3.63, 3.8) is 0 Å². The number of carbonyl (C=O) groups is 1. The fraction of sp³-hybridized carbons (Fsp3) is 0.444. The molecule has 0 saturated carbocycles. The third kappa shape index (κ3) is 4.88. The summed E-state index contributed by atoms with van der Waals surface area (Å²) in [5.41, 5.74) is 2.95. The number of hydrogen-bond acceptors (Lipinski definition) is 6. The molecule has 1 aromatic carbocycles. The zero-order valence-corrected chi connectivity index (χ0v) is 16.4. The molecule has 1 amide bonds. The van der Waals surface area contributed by atoms with E-state index in [0.29, 0.717) is 17.9 Å². The summed E-state index contributed by atoms with van der Waals surface area (Å²) in [7, 11) is -2.99. The number of hydrogen-bond donors (Lipinski definition) is 1. The first-order valence-corrected chi connectivity index (χ1v) is 11.3. The molecule has 0 radical (unpaired) electrons. The Morgan fingerprint density at radius 1 is 1.38 bits per heavy atom. The smallest absolute Gasteiger partial charge is 0.233 e. The molecule has 0 spiro atoms. The van der Waals surface area contributed by atoms with Gasteiger partial charge in [0, 0.05) is 17.7 Å². The Kier molecular flexibility index (Phi) is 5.72. The van der Waals surface area contributed by atoms with Gasteiger partial charge in [-0.2, -0.15) is 0 Å². The van der Waals surface area contributed by atoms with Crippen molar-refractivity contribution in [2.75, 3.05) is 11.5 Å². The topological polar surface area (TPSA) is 89.3 Å². The summed E-state index contributed by atoms with van der Waals surface area (Å²) >= 11 is 1.44. The number of aryl methyl sites for hydroxylation is 1. The van der Waals surface area contributed by atoms with Gasteiger partial charge in [-0.05, 0) is 20.3 Å². The van der Waals surface area contributed by atoms with Crippen LogP contribution in [0.15, 0.2) is 34.9 Å². The standard InChI is InChI=1S/C18H22N2O4S2/c1-12-3-5-14(6-4-12)17-9-16(24-20-17)10-25-13(2)18(21)19-15-7-8-26(22,23)11-15/h3-6,9,13,15H,7-8,10-11H2,1-2H3,(H,19,21). The van der Waals surface area contributed by atoms with Crippen LogP contribution in [0.1, 0.15) is 24.7 Å². The van der Waals surface area contributed by atoms with Crippen LogP contribution < -0.4 is 5.32 Å². The van der Waals surface area contributed by atoms with E-state index in [2.05, 4.69) is 10.5 Å². The maximum Gasteiger partial charge on any atom is 0.233 e. The minimum atomic E-state index is -2.99. The van der Waals surface area contributed by atoms with Crippen LogP contribution in [0, 0.1) is 6.92 Å². The van der Waals surface area contributed by atoms with Gasteiger partial charge in [0.25, 0.3) is 0 Å². The molecular weight excluding hydrogens is 372 g/mol. The third-order valence-corrected chi connectivity index (χ3v) is 7.26. The fourth-order valence-corrected chi connectivity index (χ4v) is 5.19. The predicted octanol–water partition coefficient (Wildman–Crippen LogP) is 2.58. The van der Waals surface area contributed by atoms with E-state index < -0.39 is 9.84 Å². The van der Waals surface area contributed by atoms with Crippen LogP contribution in [-0.2, 0) is 20.4 Å². The Morgan fingerprint density at radius 2 is 2.12 bits per heavy atom. The van der Waals surface area contributed by atoms with Crippen molar-refractivity contribution in [2.24, 2.45) is 0 Å². The molecule has 2 atom stereocenters. The summed E-state index contributed by atoms with van der Waals surface area (Å²) in [5.74, 6) is 1.28. The quantitative estimate of drug-likeness (QED) is 0.810. The molecule has 2 heterocycles. The van der Waals surface area contributed by atoms with E-state index in [1.54, 1.807) is 6.92 Å². The SMILES string of the molecule is Cc1ccc(-c2cc(CSC(C)C(=O)NC3CCS(=O)(=O)C3)on2)cc1. The highest BCUT2D eigenvalue weighted by Gasteiger charge is 2.30. The number of aromatic nitrogens is 1. The van der Waals surface area contributed by atoms with Crippen molar-refractivity contribution >= 4 is 27.5 Å². The monoisotopic (exact) mass is 394 g/mol. The van der Waals surface area contributed by atoms with Gasteiger partial charge in [0.1, 0.15) is 11.5 Å². The lowest BCUT2D eigenvalue weighted by Gasteiger charge is -2.15. The minimum Gasteiger partial charge on any atom is -0.360 e. The molecule has 0 aliphatic carbocycles. The van der Waals surface area contributed by atoms with Gasteiger partial charge in [-0.25, -0.2) is 8.42 Å². The van der Waals surface area contributed by atoms with Crippen LogP contribution in [0.5, 0.6) is 0 Å². The summed E-state index contributed by atoms with van der Waals surface area (Å²) < 4.78 is 28.3.